The van der Waals surface area contributed by atoms with Crippen molar-refractivity contribution in [3.63, 3.8) is 0 Å². The summed E-state index contributed by atoms with van der Waals surface area (Å²) in [4.78, 5) is 11.8. The smallest absolute Gasteiger partial charge is 0.357 e. The van der Waals surface area contributed by atoms with E-state index in [1.165, 1.54) is 25.3 Å². The normalized spacial score (nSPS) is 12.3. The third-order valence-corrected chi connectivity index (χ3v) is 4.47. The average molecular weight is 343 g/mol. The number of sulfonamides is 1. The molecule has 24 heavy (non-hydrogen) atoms. The second-order valence-corrected chi connectivity index (χ2v) is 6.60. The van der Waals surface area contributed by atoms with Gasteiger partial charge in [0, 0.05) is 0 Å². The van der Waals surface area contributed by atoms with E-state index < -0.39 is 16.0 Å². The van der Waals surface area contributed by atoms with E-state index in [1.807, 2.05) is 37.3 Å². The summed E-state index contributed by atoms with van der Waals surface area (Å²) >= 11 is 0. The molecule has 0 heterocycles. The molecular formula is C18H17NO4S. The minimum absolute atomic E-state index is 0.0163. The number of nitrogens with zero attached hydrogens (tertiary/aromatic N) is 1. The lowest BCUT2D eigenvalue weighted by molar-refractivity contribution is -0.132. The van der Waals surface area contributed by atoms with Crippen LogP contribution in [0.25, 0.3) is 6.08 Å². The molecule has 0 atom stereocenters. The van der Waals surface area contributed by atoms with Crippen molar-refractivity contribution in [1.82, 2.24) is 0 Å². The number of methoxy groups -OCH3 is 1. The van der Waals surface area contributed by atoms with E-state index in [2.05, 4.69) is 9.13 Å². The van der Waals surface area contributed by atoms with Crippen LogP contribution in [0.1, 0.15) is 11.1 Å². The predicted octanol–water partition coefficient (Wildman–Crippen LogP) is 3.01. The Kier molecular flexibility index (Phi) is 5.65. The molecule has 0 fully saturated rings. The van der Waals surface area contributed by atoms with E-state index in [4.69, 9.17) is 0 Å². The minimum Gasteiger partial charge on any atom is -0.464 e. The molecule has 6 heteroatoms. The van der Waals surface area contributed by atoms with Crippen LogP contribution in [0.2, 0.25) is 0 Å². The van der Waals surface area contributed by atoms with Gasteiger partial charge in [0.2, 0.25) is 0 Å². The molecule has 2 rings (SSSR count). The lowest BCUT2D eigenvalue weighted by atomic mass is 10.2. The number of aryl methyl sites for hydroxylation is 1. The molecule has 0 bridgehead atoms. The first-order chi connectivity index (χ1) is 11.4. The summed E-state index contributed by atoms with van der Waals surface area (Å²) in [6, 6.07) is 15.4. The third kappa shape index (κ3) is 4.63. The molecule has 0 unspecified atom stereocenters. The van der Waals surface area contributed by atoms with Crippen LogP contribution in [0.4, 0.5) is 0 Å². The van der Waals surface area contributed by atoms with Crippen molar-refractivity contribution in [1.29, 1.82) is 0 Å². The topological polar surface area (TPSA) is 72.8 Å². The summed E-state index contributed by atoms with van der Waals surface area (Å²) in [5.41, 5.74) is 1.44. The Hall–Kier alpha value is -2.73. The summed E-state index contributed by atoms with van der Waals surface area (Å²) in [6.45, 7) is 1.85. The standard InChI is InChI=1S/C18H17NO4S/c1-14-8-11-16(12-9-14)24(21,22)19-17(18(20)23-2)13-10-15-6-4-3-5-7-15/h3-13H,1-2H3/b13-10+,19-17-. The average Bonchev–Trinajstić information content (AvgIpc) is 2.59. The monoisotopic (exact) mass is 343 g/mol. The maximum Gasteiger partial charge on any atom is 0.357 e. The third-order valence-electron chi connectivity index (χ3n) is 3.17. The van der Waals surface area contributed by atoms with Crippen LogP contribution in [-0.2, 0) is 19.6 Å². The van der Waals surface area contributed by atoms with Gasteiger partial charge in [-0.05, 0) is 30.7 Å². The van der Waals surface area contributed by atoms with Gasteiger partial charge >= 0.3 is 5.97 Å². The first-order valence-corrected chi connectivity index (χ1v) is 8.59. The minimum atomic E-state index is -4.00. The molecule has 2 aromatic rings. The molecule has 0 saturated heterocycles. The second-order valence-electron chi connectivity index (χ2n) is 5.00. The zero-order valence-electron chi connectivity index (χ0n) is 13.3. The zero-order valence-corrected chi connectivity index (χ0v) is 14.2. The molecule has 0 aliphatic carbocycles. The summed E-state index contributed by atoms with van der Waals surface area (Å²) in [5, 5.41) is 0. The van der Waals surface area contributed by atoms with Crippen molar-refractivity contribution in [3.05, 3.63) is 71.8 Å². The molecule has 0 N–H and O–H groups in total. The fraction of sp³-hybridized carbons (Fsp3) is 0.111. The lowest BCUT2D eigenvalue weighted by Crippen LogP contribution is -2.15. The van der Waals surface area contributed by atoms with Gasteiger partial charge in [-0.3, -0.25) is 0 Å². The van der Waals surface area contributed by atoms with Gasteiger partial charge in [0.15, 0.2) is 5.71 Å². The summed E-state index contributed by atoms with van der Waals surface area (Å²) in [7, 11) is -2.83. The van der Waals surface area contributed by atoms with Crippen molar-refractivity contribution in [2.45, 2.75) is 11.8 Å². The molecule has 0 aromatic heterocycles. The Balaban J connectivity index is 2.40. The number of ether oxygens (including phenoxy) is 1. The quantitative estimate of drug-likeness (QED) is 0.618. The molecule has 0 spiro atoms. The molecule has 2 aromatic carbocycles. The summed E-state index contributed by atoms with van der Waals surface area (Å²) < 4.78 is 33.0. The summed E-state index contributed by atoms with van der Waals surface area (Å²) in [6.07, 6.45) is 2.92. The van der Waals surface area contributed by atoms with Gasteiger partial charge in [0.1, 0.15) is 0 Å². The molecule has 5 nitrogen and oxygen atoms in total. The highest BCUT2D eigenvalue weighted by molar-refractivity contribution is 7.90. The summed E-state index contributed by atoms with van der Waals surface area (Å²) in [5.74, 6) is -0.821. The second kappa shape index (κ2) is 7.70. The van der Waals surface area contributed by atoms with E-state index in [0.717, 1.165) is 11.1 Å². The first kappa shape index (κ1) is 17.6. The van der Waals surface area contributed by atoms with E-state index in [0.29, 0.717) is 0 Å². The van der Waals surface area contributed by atoms with Crippen LogP contribution in [0.5, 0.6) is 0 Å². The fourth-order valence-corrected chi connectivity index (χ4v) is 2.85. The van der Waals surface area contributed by atoms with Gasteiger partial charge in [0.05, 0.1) is 12.0 Å². The highest BCUT2D eigenvalue weighted by Crippen LogP contribution is 2.14. The number of benzene rings is 2. The van der Waals surface area contributed by atoms with Crippen LogP contribution in [0.3, 0.4) is 0 Å². The molecule has 0 aliphatic rings. The highest BCUT2D eigenvalue weighted by atomic mass is 32.2. The van der Waals surface area contributed by atoms with Gasteiger partial charge in [0.25, 0.3) is 10.0 Å². The van der Waals surface area contributed by atoms with Crippen LogP contribution in [0, 0.1) is 6.92 Å². The number of hydrogen-bond donors (Lipinski definition) is 0. The van der Waals surface area contributed by atoms with E-state index in [1.54, 1.807) is 18.2 Å². The van der Waals surface area contributed by atoms with Crippen molar-refractivity contribution in [2.75, 3.05) is 7.11 Å². The number of carbonyl (C=O) groups is 1. The molecule has 0 amide bonds. The molecule has 124 valence electrons. The van der Waals surface area contributed by atoms with Crippen molar-refractivity contribution in [3.8, 4) is 0 Å². The Morgan fingerprint density at radius 1 is 1.04 bits per heavy atom. The van der Waals surface area contributed by atoms with Crippen LogP contribution < -0.4 is 0 Å². The zero-order chi connectivity index (χ0) is 17.6. The van der Waals surface area contributed by atoms with Crippen LogP contribution in [0.15, 0.2) is 70.0 Å². The van der Waals surface area contributed by atoms with Gasteiger partial charge < -0.3 is 4.74 Å². The fourth-order valence-electron chi connectivity index (χ4n) is 1.87. The van der Waals surface area contributed by atoms with Gasteiger partial charge in [-0.2, -0.15) is 12.8 Å². The number of hydrogen-bond acceptors (Lipinski definition) is 4. The Morgan fingerprint density at radius 2 is 1.67 bits per heavy atom. The lowest BCUT2D eigenvalue weighted by Gasteiger charge is -2.02. The highest BCUT2D eigenvalue weighted by Gasteiger charge is 2.17. The van der Waals surface area contributed by atoms with Gasteiger partial charge in [-0.1, -0.05) is 54.1 Å². The Labute approximate surface area is 141 Å². The molecule has 0 radical (unpaired) electrons. The number of rotatable bonds is 5. The molecular weight excluding hydrogens is 326 g/mol. The Morgan fingerprint density at radius 3 is 2.25 bits per heavy atom. The van der Waals surface area contributed by atoms with Crippen LogP contribution in [-0.4, -0.2) is 27.2 Å². The Bertz CT molecular complexity index is 867. The van der Waals surface area contributed by atoms with E-state index in [-0.39, 0.29) is 10.6 Å². The number of carbonyl (C=O) groups excluding carboxylic acids is 1. The largest absolute Gasteiger partial charge is 0.464 e. The predicted molar refractivity (Wildman–Crippen MR) is 93.3 cm³/mol. The van der Waals surface area contributed by atoms with Crippen molar-refractivity contribution < 1.29 is 17.9 Å². The van der Waals surface area contributed by atoms with Crippen molar-refractivity contribution >= 4 is 27.8 Å². The molecule has 0 aliphatic heterocycles. The van der Waals surface area contributed by atoms with Gasteiger partial charge in [-0.25, -0.2) is 4.79 Å². The van der Waals surface area contributed by atoms with Crippen molar-refractivity contribution in [2.24, 2.45) is 4.40 Å². The van der Waals surface area contributed by atoms with E-state index in [9.17, 15) is 13.2 Å². The molecule has 0 saturated carbocycles. The SMILES string of the molecule is COC(=O)C(/C=C/c1ccccc1)=N\S(=O)(=O)c1ccc(C)cc1. The first-order valence-electron chi connectivity index (χ1n) is 7.15. The maximum absolute atomic E-state index is 12.4. The number of esters is 1. The van der Waals surface area contributed by atoms with E-state index >= 15 is 0 Å². The van der Waals surface area contributed by atoms with Crippen LogP contribution >= 0.6 is 0 Å². The van der Waals surface area contributed by atoms with Gasteiger partial charge in [-0.15, -0.1) is 0 Å². The maximum atomic E-state index is 12.4.